The first-order valence-corrected chi connectivity index (χ1v) is 17.6. The molecule has 0 heterocycles. The maximum atomic E-state index is 15.1. The molecule has 2 atom stereocenters. The Morgan fingerprint density at radius 3 is 1.27 bits per heavy atom. The second kappa shape index (κ2) is 16.7. The van der Waals surface area contributed by atoms with Crippen LogP contribution in [0.3, 0.4) is 0 Å². The van der Waals surface area contributed by atoms with Gasteiger partial charge in [0.2, 0.25) is 0 Å². The Morgan fingerprint density at radius 2 is 0.980 bits per heavy atom. The fourth-order valence-electron chi connectivity index (χ4n) is 6.00. The van der Waals surface area contributed by atoms with E-state index >= 15 is 8.42 Å². The number of nitrogen functional groups attached to an aromatic ring is 2. The number of rotatable bonds is 16. The maximum Gasteiger partial charge on any atom is 0.194 e. The van der Waals surface area contributed by atoms with E-state index in [0.717, 1.165) is 0 Å². The van der Waals surface area contributed by atoms with Gasteiger partial charge in [-0.25, -0.2) is 8.42 Å². The predicted octanol–water partition coefficient (Wildman–Crippen LogP) is 5.88. The third-order valence-corrected chi connectivity index (χ3v) is 11.4. The van der Waals surface area contributed by atoms with Gasteiger partial charge in [-0.05, 0) is 35.4 Å². The number of sulfone groups is 1. The first kappa shape index (κ1) is 39.3. The zero-order valence-electron chi connectivity index (χ0n) is 30.3. The molecule has 51 heavy (non-hydrogen) atoms. The number of allylic oxidation sites excluding steroid dienone is 2. The summed E-state index contributed by atoms with van der Waals surface area (Å²) in [7, 11) is 8.00. The molecule has 2 aliphatic rings. The van der Waals surface area contributed by atoms with Crippen molar-refractivity contribution in [2.24, 2.45) is 0 Å². The van der Waals surface area contributed by atoms with Gasteiger partial charge in [-0.2, -0.15) is 0 Å². The molecule has 12 nitrogen and oxygen atoms in total. The second-order valence-corrected chi connectivity index (χ2v) is 13.9. The highest BCUT2D eigenvalue weighted by molar-refractivity contribution is 7.92. The van der Waals surface area contributed by atoms with Gasteiger partial charge in [0.25, 0.3) is 0 Å². The Bertz CT molecular complexity index is 1720. The van der Waals surface area contributed by atoms with Crippen molar-refractivity contribution in [2.75, 3.05) is 68.3 Å². The third-order valence-electron chi connectivity index (χ3n) is 9.08. The van der Waals surface area contributed by atoms with E-state index in [4.69, 9.17) is 49.4 Å². The molecule has 2 unspecified atom stereocenters. The van der Waals surface area contributed by atoms with Crippen LogP contribution >= 0.6 is 0 Å². The summed E-state index contributed by atoms with van der Waals surface area (Å²) >= 11 is 0. The van der Waals surface area contributed by atoms with Crippen LogP contribution in [0.15, 0.2) is 108 Å². The number of hydrogen-bond donors (Lipinski definition) is 2. The van der Waals surface area contributed by atoms with E-state index in [1.807, 2.05) is 12.2 Å². The predicted molar refractivity (Wildman–Crippen MR) is 197 cm³/mol. The monoisotopic (exact) mass is 724 g/mol. The summed E-state index contributed by atoms with van der Waals surface area (Å²) in [5.41, 5.74) is 15.3. The van der Waals surface area contributed by atoms with Crippen LogP contribution in [0.2, 0.25) is 0 Å². The maximum absolute atomic E-state index is 15.1. The summed E-state index contributed by atoms with van der Waals surface area (Å²) in [6.45, 7) is 0. The van der Waals surface area contributed by atoms with Crippen LogP contribution in [0, 0.1) is 0 Å². The summed E-state index contributed by atoms with van der Waals surface area (Å²) < 4.78 is 74.7. The lowest BCUT2D eigenvalue weighted by Gasteiger charge is -2.31. The third kappa shape index (κ3) is 8.35. The minimum Gasteiger partial charge on any atom is -0.496 e. The molecular formula is C38H48N2O10S. The van der Waals surface area contributed by atoms with Crippen molar-refractivity contribution < 1.29 is 46.3 Å². The number of anilines is 2. The van der Waals surface area contributed by atoms with Gasteiger partial charge in [-0.15, -0.1) is 0 Å². The van der Waals surface area contributed by atoms with Gasteiger partial charge in [0.05, 0.1) is 39.8 Å². The Balaban J connectivity index is 1.89. The van der Waals surface area contributed by atoms with Crippen molar-refractivity contribution in [2.45, 2.75) is 34.9 Å². The highest BCUT2D eigenvalue weighted by Crippen LogP contribution is 2.41. The van der Waals surface area contributed by atoms with E-state index in [9.17, 15) is 0 Å². The fraction of sp³-hybridized carbons (Fsp3) is 0.368. The van der Waals surface area contributed by atoms with Crippen LogP contribution in [-0.4, -0.2) is 76.9 Å². The molecule has 0 aromatic heterocycles. The van der Waals surface area contributed by atoms with E-state index in [0.29, 0.717) is 58.1 Å². The van der Waals surface area contributed by atoms with Gasteiger partial charge in [0.15, 0.2) is 21.4 Å². The average molecular weight is 725 g/mol. The molecule has 13 heteroatoms. The number of hydrogen-bond acceptors (Lipinski definition) is 12. The zero-order chi connectivity index (χ0) is 37.4. The Kier molecular flexibility index (Phi) is 12.8. The number of nitrogens with two attached hydrogens (primary N) is 2. The average Bonchev–Trinajstić information content (AvgIpc) is 3.15. The van der Waals surface area contributed by atoms with Gasteiger partial charge < -0.3 is 49.4 Å². The molecule has 4 rings (SSSR count). The standard InChI is InChI=1S/C38H48N2O10S/c1-43-31-13-9-27(21-29(31)39)35(15-11-25-17-19-37(47-5,48-6)23-33(25)45-3)51(41,42)36(28-10-14-32(44-2)30(40)22-28)16-12-26-18-20-38(49-7,50-8)24-34(26)46-4/h9-18,21-24,35-36H,19-20,39-40H2,1-8H3. The molecular weight excluding hydrogens is 676 g/mol. The topological polar surface area (TPSA) is 160 Å². The Labute approximate surface area is 300 Å². The van der Waals surface area contributed by atoms with Gasteiger partial charge in [0, 0.05) is 64.6 Å². The van der Waals surface area contributed by atoms with Crippen molar-refractivity contribution in [3.05, 3.63) is 119 Å². The summed E-state index contributed by atoms with van der Waals surface area (Å²) in [4.78, 5) is 0. The molecule has 2 aromatic carbocycles. The molecule has 0 saturated heterocycles. The quantitative estimate of drug-likeness (QED) is 0.157. The lowest BCUT2D eigenvalue weighted by atomic mass is 9.98. The lowest BCUT2D eigenvalue weighted by Crippen LogP contribution is -2.33. The smallest absolute Gasteiger partial charge is 0.194 e. The molecule has 0 saturated carbocycles. The second-order valence-electron chi connectivity index (χ2n) is 11.7. The minimum absolute atomic E-state index is 0.283. The largest absolute Gasteiger partial charge is 0.496 e. The molecule has 4 N–H and O–H groups in total. The van der Waals surface area contributed by atoms with Gasteiger partial charge in [-0.3, -0.25) is 0 Å². The highest BCUT2D eigenvalue weighted by atomic mass is 32.2. The first-order valence-electron chi connectivity index (χ1n) is 16.0. The van der Waals surface area contributed by atoms with Crippen LogP contribution in [0.4, 0.5) is 11.4 Å². The van der Waals surface area contributed by atoms with Crippen molar-refractivity contribution >= 4 is 21.2 Å². The van der Waals surface area contributed by atoms with Crippen molar-refractivity contribution in [3.63, 3.8) is 0 Å². The van der Waals surface area contributed by atoms with Gasteiger partial charge >= 0.3 is 0 Å². The highest BCUT2D eigenvalue weighted by Gasteiger charge is 2.36. The molecule has 0 spiro atoms. The van der Waals surface area contributed by atoms with Crippen LogP contribution in [0.5, 0.6) is 11.5 Å². The number of ether oxygens (including phenoxy) is 8. The molecule has 2 aromatic rings. The SMILES string of the molecule is COC1=CC(OC)(OC)CC=C1C=CC(c1ccc(OC)c(N)c1)S(=O)(=O)C(C=CC1=CCC(OC)(OC)C=C1OC)c1ccc(OC)c(N)c1. The molecule has 0 fully saturated rings. The van der Waals surface area contributed by atoms with E-state index in [-0.39, 0.29) is 11.4 Å². The summed E-state index contributed by atoms with van der Waals surface area (Å²) in [5, 5.41) is -2.40. The van der Waals surface area contributed by atoms with Crippen molar-refractivity contribution in [3.8, 4) is 11.5 Å². The van der Waals surface area contributed by atoms with E-state index in [1.165, 1.54) is 28.4 Å². The summed E-state index contributed by atoms with van der Waals surface area (Å²) in [6, 6.07) is 9.84. The fourth-order valence-corrected chi connectivity index (χ4v) is 7.96. The first-order chi connectivity index (χ1) is 24.4. The van der Waals surface area contributed by atoms with Gasteiger partial charge in [0.1, 0.15) is 33.5 Å². The minimum atomic E-state index is -4.20. The summed E-state index contributed by atoms with van der Waals surface area (Å²) in [5.74, 6) is -0.287. The Morgan fingerprint density at radius 1 is 0.608 bits per heavy atom. The molecule has 2 aliphatic carbocycles. The normalized spacial score (nSPS) is 18.4. The molecule has 0 bridgehead atoms. The van der Waals surface area contributed by atoms with Crippen LogP contribution in [0.1, 0.15) is 34.5 Å². The Hall–Kier alpha value is -4.53. The van der Waals surface area contributed by atoms with Crippen LogP contribution in [0.25, 0.3) is 0 Å². The molecule has 0 amide bonds. The summed E-state index contributed by atoms with van der Waals surface area (Å²) in [6.07, 6.45) is 14.5. The number of benzene rings is 2. The molecule has 276 valence electrons. The van der Waals surface area contributed by atoms with E-state index < -0.39 is 31.9 Å². The number of methoxy groups -OCH3 is 8. The van der Waals surface area contributed by atoms with Crippen LogP contribution < -0.4 is 20.9 Å². The zero-order valence-corrected chi connectivity index (χ0v) is 31.1. The van der Waals surface area contributed by atoms with E-state index in [1.54, 1.807) is 101 Å². The van der Waals surface area contributed by atoms with Crippen LogP contribution in [-0.2, 0) is 38.3 Å². The van der Waals surface area contributed by atoms with Gasteiger partial charge in [-0.1, -0.05) is 48.6 Å². The van der Waals surface area contributed by atoms with Crippen molar-refractivity contribution in [1.82, 2.24) is 0 Å². The van der Waals surface area contributed by atoms with Crippen molar-refractivity contribution in [1.29, 1.82) is 0 Å². The lowest BCUT2D eigenvalue weighted by molar-refractivity contribution is -0.169. The molecule has 0 radical (unpaired) electrons. The van der Waals surface area contributed by atoms with E-state index in [2.05, 4.69) is 0 Å². The molecule has 0 aliphatic heterocycles.